The molecule has 1 aliphatic rings. The average Bonchev–Trinajstić information content (AvgIpc) is 3.46. The Morgan fingerprint density at radius 3 is 2.27 bits per heavy atom. The molecule has 1 N–H and O–H groups in total. The Balaban J connectivity index is 1.27. The maximum Gasteiger partial charge on any atom is 0.439 e. The van der Waals surface area contributed by atoms with Crippen molar-refractivity contribution in [3.8, 4) is 34.0 Å². The number of nitrogens with zero attached hydrogens (tertiary/aromatic N) is 3. The molecule has 3 heterocycles. The van der Waals surface area contributed by atoms with E-state index < -0.39 is 5.76 Å². The highest BCUT2D eigenvalue weighted by atomic mass is 16.5. The van der Waals surface area contributed by atoms with Gasteiger partial charge in [-0.3, -0.25) is 18.9 Å². The van der Waals surface area contributed by atoms with Gasteiger partial charge in [0, 0.05) is 30.4 Å². The van der Waals surface area contributed by atoms with E-state index in [1.165, 1.54) is 0 Å². The van der Waals surface area contributed by atoms with Crippen LogP contribution >= 0.6 is 0 Å². The van der Waals surface area contributed by atoms with Crippen LogP contribution in [0, 0.1) is 6.92 Å². The third kappa shape index (κ3) is 6.68. The van der Waals surface area contributed by atoms with Gasteiger partial charge in [-0.1, -0.05) is 67.0 Å². The van der Waals surface area contributed by atoms with Crippen molar-refractivity contribution in [3.05, 3.63) is 116 Å². The molecule has 2 aromatic heterocycles. The van der Waals surface area contributed by atoms with Crippen molar-refractivity contribution in [1.29, 1.82) is 0 Å². The first-order chi connectivity index (χ1) is 21.8. The first kappa shape index (κ1) is 30.3. The fourth-order valence-electron chi connectivity index (χ4n) is 6.24. The number of nitrogens with one attached hydrogen (secondary N) is 1. The largest absolute Gasteiger partial charge is 0.490 e. The molecule has 1 fully saturated rings. The highest BCUT2D eigenvalue weighted by molar-refractivity contribution is 5.80. The second-order valence-electron chi connectivity index (χ2n) is 11.8. The fraction of sp³-hybridized carbons (Fsp3) is 0.333. The predicted octanol–water partition coefficient (Wildman–Crippen LogP) is 6.43. The summed E-state index contributed by atoms with van der Waals surface area (Å²) >= 11 is 0. The maximum atomic E-state index is 14.1. The van der Waals surface area contributed by atoms with Crippen molar-refractivity contribution in [2.75, 3.05) is 0 Å². The van der Waals surface area contributed by atoms with Gasteiger partial charge in [-0.05, 0) is 68.1 Å². The number of ether oxygens (including phenoxy) is 2. The van der Waals surface area contributed by atoms with Crippen molar-refractivity contribution >= 4 is 0 Å². The van der Waals surface area contributed by atoms with Crippen molar-refractivity contribution < 1.29 is 14.0 Å². The highest BCUT2D eigenvalue weighted by Crippen LogP contribution is 2.30. The normalized spacial score (nSPS) is 18.2. The van der Waals surface area contributed by atoms with Crippen LogP contribution in [-0.4, -0.2) is 38.0 Å². The number of aromatic amines is 1. The van der Waals surface area contributed by atoms with Crippen LogP contribution in [0.4, 0.5) is 0 Å². The molecule has 5 aromatic rings. The number of aryl methyl sites for hydroxylation is 2. The topological polar surface area (TPSA) is 112 Å². The molecule has 3 atom stereocenters. The molecule has 0 bridgehead atoms. The van der Waals surface area contributed by atoms with E-state index >= 15 is 0 Å². The minimum absolute atomic E-state index is 0.0592. The molecule has 6 rings (SSSR count). The number of hydrogen-bond acceptors (Lipinski definition) is 7. The predicted molar refractivity (Wildman–Crippen MR) is 173 cm³/mol. The van der Waals surface area contributed by atoms with E-state index in [-0.39, 0.29) is 23.9 Å². The van der Waals surface area contributed by atoms with E-state index in [4.69, 9.17) is 19.0 Å². The molecule has 1 aliphatic heterocycles. The second kappa shape index (κ2) is 13.1. The summed E-state index contributed by atoms with van der Waals surface area (Å²) in [5, 5.41) is 3.86. The summed E-state index contributed by atoms with van der Waals surface area (Å²) in [5.41, 5.74) is 5.86. The molecular weight excluding hydrogens is 568 g/mol. The quantitative estimate of drug-likeness (QED) is 0.206. The second-order valence-corrected chi connectivity index (χ2v) is 11.8. The molecule has 0 saturated carbocycles. The monoisotopic (exact) mass is 606 g/mol. The zero-order valence-electron chi connectivity index (χ0n) is 26.1. The van der Waals surface area contributed by atoms with E-state index in [9.17, 15) is 9.59 Å². The first-order valence-corrected chi connectivity index (χ1v) is 15.6. The average molecular weight is 607 g/mol. The summed E-state index contributed by atoms with van der Waals surface area (Å²) in [6, 6.07) is 23.5. The molecule has 0 radical (unpaired) electrons. The Hall–Kier alpha value is -4.76. The van der Waals surface area contributed by atoms with Crippen molar-refractivity contribution in [2.45, 2.75) is 78.1 Å². The molecule has 0 amide bonds. The van der Waals surface area contributed by atoms with E-state index in [2.05, 4.69) is 30.9 Å². The third-order valence-corrected chi connectivity index (χ3v) is 8.24. The van der Waals surface area contributed by atoms with Crippen LogP contribution in [0.1, 0.15) is 62.7 Å². The lowest BCUT2D eigenvalue weighted by Gasteiger charge is -2.32. The van der Waals surface area contributed by atoms with Crippen molar-refractivity contribution in [1.82, 2.24) is 19.7 Å². The van der Waals surface area contributed by atoms with Crippen molar-refractivity contribution in [2.24, 2.45) is 0 Å². The molecule has 9 nitrogen and oxygen atoms in total. The number of aromatic nitrogens is 4. The van der Waals surface area contributed by atoms with E-state index in [0.717, 1.165) is 65.1 Å². The van der Waals surface area contributed by atoms with Crippen LogP contribution in [0.5, 0.6) is 5.75 Å². The molecule has 0 spiro atoms. The van der Waals surface area contributed by atoms with Crippen LogP contribution in [0.15, 0.2) is 86.9 Å². The number of benzene rings is 3. The van der Waals surface area contributed by atoms with Crippen molar-refractivity contribution in [3.63, 3.8) is 0 Å². The molecule has 0 aliphatic carbocycles. The van der Waals surface area contributed by atoms with Gasteiger partial charge in [0.15, 0.2) is 5.82 Å². The van der Waals surface area contributed by atoms with Crippen LogP contribution in [-0.2, 0) is 17.6 Å². The number of hydrogen-bond donors (Lipinski definition) is 1. The van der Waals surface area contributed by atoms with Gasteiger partial charge >= 0.3 is 5.76 Å². The summed E-state index contributed by atoms with van der Waals surface area (Å²) in [5.74, 6) is 1.22. The van der Waals surface area contributed by atoms with Gasteiger partial charge in [-0.25, -0.2) is 9.78 Å². The maximum absolute atomic E-state index is 14.1. The van der Waals surface area contributed by atoms with Gasteiger partial charge in [0.05, 0.1) is 23.6 Å². The molecule has 9 heteroatoms. The molecule has 0 unspecified atom stereocenters. The van der Waals surface area contributed by atoms with Crippen LogP contribution < -0.4 is 16.1 Å². The molecule has 3 aromatic carbocycles. The zero-order valence-corrected chi connectivity index (χ0v) is 26.1. The first-order valence-electron chi connectivity index (χ1n) is 15.6. The molecule has 1 saturated heterocycles. The summed E-state index contributed by atoms with van der Waals surface area (Å²) in [6.07, 6.45) is 4.22. The standard InChI is InChI=1S/C36H38N4O5/c1-5-8-33-32(21-25-11-13-26(14-12-25)30-9-6-7-10-31(30)34-38-36(42)45-39-34)35(41)40(24(4)37-33)27-15-17-28(18-16-27)44-29-19-22(2)43-23(3)20-29/h6-7,9-18,22-23,29H,5,8,19-21H2,1-4H3,(H,38,39,42)/t22-,23+,29+. The van der Waals surface area contributed by atoms with E-state index in [0.29, 0.717) is 23.6 Å². The Labute approximate surface area is 261 Å². The number of H-pyrrole nitrogens is 1. The minimum atomic E-state index is -0.598. The fourth-order valence-corrected chi connectivity index (χ4v) is 6.24. The Kier molecular flexibility index (Phi) is 8.80. The van der Waals surface area contributed by atoms with Gasteiger partial charge in [0.1, 0.15) is 17.7 Å². The third-order valence-electron chi connectivity index (χ3n) is 8.24. The minimum Gasteiger partial charge on any atom is -0.490 e. The van der Waals surface area contributed by atoms with Crippen LogP contribution in [0.25, 0.3) is 28.2 Å². The van der Waals surface area contributed by atoms with Gasteiger partial charge in [0.25, 0.3) is 5.56 Å². The highest BCUT2D eigenvalue weighted by Gasteiger charge is 2.26. The van der Waals surface area contributed by atoms with Crippen LogP contribution in [0.3, 0.4) is 0 Å². The summed E-state index contributed by atoms with van der Waals surface area (Å²) in [6.45, 7) is 8.14. The summed E-state index contributed by atoms with van der Waals surface area (Å²) in [4.78, 5) is 33.2. The van der Waals surface area contributed by atoms with Gasteiger partial charge in [-0.2, -0.15) is 0 Å². The Morgan fingerprint density at radius 2 is 1.62 bits per heavy atom. The lowest BCUT2D eigenvalue weighted by molar-refractivity contribution is -0.0721. The SMILES string of the molecule is CCCc1nc(C)n(-c2ccc(O[C@H]3C[C@@H](C)O[C@@H](C)C3)cc2)c(=O)c1Cc1ccc(-c2ccccc2-c2noc(=O)[nH]2)cc1. The van der Waals surface area contributed by atoms with Gasteiger partial charge in [-0.15, -0.1) is 0 Å². The summed E-state index contributed by atoms with van der Waals surface area (Å²) in [7, 11) is 0. The zero-order chi connectivity index (χ0) is 31.5. The van der Waals surface area contributed by atoms with E-state index in [1.54, 1.807) is 4.57 Å². The Morgan fingerprint density at radius 1 is 0.933 bits per heavy atom. The molecular formula is C36H38N4O5. The van der Waals surface area contributed by atoms with E-state index in [1.807, 2.05) is 79.7 Å². The Bertz CT molecular complexity index is 1880. The molecule has 232 valence electrons. The summed E-state index contributed by atoms with van der Waals surface area (Å²) < 4.78 is 18.5. The lowest BCUT2D eigenvalue weighted by Crippen LogP contribution is -2.35. The molecule has 45 heavy (non-hydrogen) atoms. The van der Waals surface area contributed by atoms with Gasteiger partial charge in [0.2, 0.25) is 0 Å². The van der Waals surface area contributed by atoms with Gasteiger partial charge < -0.3 is 9.47 Å². The smallest absolute Gasteiger partial charge is 0.439 e. The lowest BCUT2D eigenvalue weighted by atomic mass is 9.96. The van der Waals surface area contributed by atoms with Crippen LogP contribution in [0.2, 0.25) is 0 Å². The number of rotatable bonds is 9.